The molecule has 4 heteroatoms. The zero-order valence-electron chi connectivity index (χ0n) is 12.6. The lowest BCUT2D eigenvalue weighted by atomic mass is 9.80. The summed E-state index contributed by atoms with van der Waals surface area (Å²) in [6, 6.07) is 0.861. The fourth-order valence-corrected chi connectivity index (χ4v) is 3.27. The maximum Gasteiger partial charge on any atom is 0.203 e. The molecule has 0 bridgehead atoms. The molecule has 0 radical (unpaired) electrons. The van der Waals surface area contributed by atoms with Crippen LogP contribution in [0.25, 0.3) is 0 Å². The van der Waals surface area contributed by atoms with Gasteiger partial charge >= 0.3 is 0 Å². The van der Waals surface area contributed by atoms with Crippen molar-refractivity contribution in [1.82, 2.24) is 9.55 Å². The smallest absolute Gasteiger partial charge is 0.203 e. The Balaban J connectivity index is 2.06. The summed E-state index contributed by atoms with van der Waals surface area (Å²) in [7, 11) is 1.73. The largest absolute Gasteiger partial charge is 0.383 e. The van der Waals surface area contributed by atoms with Crippen molar-refractivity contribution in [1.29, 1.82) is 0 Å². The van der Waals surface area contributed by atoms with Gasteiger partial charge in [-0.05, 0) is 38.0 Å². The van der Waals surface area contributed by atoms with Crippen LogP contribution in [0.4, 0.5) is 5.95 Å². The van der Waals surface area contributed by atoms with Gasteiger partial charge in [0.05, 0.1) is 6.61 Å². The minimum absolute atomic E-state index is 0.281. The highest BCUT2D eigenvalue weighted by atomic mass is 16.5. The van der Waals surface area contributed by atoms with Gasteiger partial charge in [-0.1, -0.05) is 13.8 Å². The number of nitrogens with zero attached hydrogens (tertiary/aromatic N) is 2. The predicted octanol–water partition coefficient (Wildman–Crippen LogP) is 3.33. The molecular formula is C15H27N3O. The molecule has 0 amide bonds. The quantitative estimate of drug-likeness (QED) is 0.887. The first kappa shape index (κ1) is 14.4. The second-order valence-electron chi connectivity index (χ2n) is 6.12. The fraction of sp³-hybridized carbons (Fsp3) is 0.800. The Kier molecular flexibility index (Phi) is 4.86. The molecule has 19 heavy (non-hydrogen) atoms. The molecule has 1 heterocycles. The topological polar surface area (TPSA) is 39.1 Å². The Morgan fingerprint density at radius 3 is 2.95 bits per heavy atom. The van der Waals surface area contributed by atoms with E-state index in [0.717, 1.165) is 17.8 Å². The molecule has 1 saturated carbocycles. The number of imidazole rings is 1. The number of hydrogen-bond donors (Lipinski definition) is 1. The summed E-state index contributed by atoms with van der Waals surface area (Å²) in [6.45, 7) is 7.54. The Hall–Kier alpha value is -1.03. The van der Waals surface area contributed by atoms with Crippen molar-refractivity contribution < 1.29 is 4.74 Å². The van der Waals surface area contributed by atoms with Crippen molar-refractivity contribution in [2.45, 2.75) is 52.1 Å². The summed E-state index contributed by atoms with van der Waals surface area (Å²) in [5.41, 5.74) is 0. The lowest BCUT2D eigenvalue weighted by molar-refractivity contribution is 0.188. The number of ether oxygens (including phenoxy) is 1. The van der Waals surface area contributed by atoms with Gasteiger partial charge in [0, 0.05) is 31.6 Å². The van der Waals surface area contributed by atoms with Crippen LogP contribution in [0.3, 0.4) is 0 Å². The van der Waals surface area contributed by atoms with Gasteiger partial charge in [0.15, 0.2) is 0 Å². The molecule has 0 saturated heterocycles. The molecule has 1 fully saturated rings. The van der Waals surface area contributed by atoms with Gasteiger partial charge < -0.3 is 14.6 Å². The predicted molar refractivity (Wildman–Crippen MR) is 78.4 cm³/mol. The first-order chi connectivity index (χ1) is 9.11. The maximum atomic E-state index is 5.17. The van der Waals surface area contributed by atoms with Gasteiger partial charge in [0.1, 0.15) is 0 Å². The van der Waals surface area contributed by atoms with E-state index in [9.17, 15) is 0 Å². The fourth-order valence-electron chi connectivity index (χ4n) is 3.27. The number of aromatic nitrogens is 2. The highest BCUT2D eigenvalue weighted by Crippen LogP contribution is 2.37. The van der Waals surface area contributed by atoms with E-state index in [1.54, 1.807) is 7.11 Å². The second-order valence-corrected chi connectivity index (χ2v) is 6.12. The molecule has 0 aliphatic heterocycles. The molecular weight excluding hydrogens is 238 g/mol. The Morgan fingerprint density at radius 1 is 1.47 bits per heavy atom. The molecule has 1 N–H and O–H groups in total. The van der Waals surface area contributed by atoms with Crippen LogP contribution >= 0.6 is 0 Å². The van der Waals surface area contributed by atoms with Gasteiger partial charge in [0.2, 0.25) is 5.95 Å². The van der Waals surface area contributed by atoms with Crippen LogP contribution in [0.1, 0.15) is 46.1 Å². The van der Waals surface area contributed by atoms with Crippen LogP contribution in [-0.2, 0) is 4.74 Å². The normalized spacial score (nSPS) is 29.2. The van der Waals surface area contributed by atoms with Gasteiger partial charge in [-0.3, -0.25) is 0 Å². The molecule has 0 aromatic carbocycles. The molecule has 0 spiro atoms. The van der Waals surface area contributed by atoms with Crippen LogP contribution in [0.2, 0.25) is 0 Å². The van der Waals surface area contributed by atoms with E-state index in [1.165, 1.54) is 19.3 Å². The van der Waals surface area contributed by atoms with Crippen molar-refractivity contribution in [2.75, 3.05) is 19.0 Å². The Morgan fingerprint density at radius 2 is 2.26 bits per heavy atom. The van der Waals surface area contributed by atoms with Crippen molar-refractivity contribution >= 4 is 5.95 Å². The van der Waals surface area contributed by atoms with Gasteiger partial charge in [-0.2, -0.15) is 0 Å². The zero-order chi connectivity index (χ0) is 13.8. The first-order valence-electron chi connectivity index (χ1n) is 7.40. The van der Waals surface area contributed by atoms with Crippen LogP contribution in [0.5, 0.6) is 0 Å². The van der Waals surface area contributed by atoms with Gasteiger partial charge in [0.25, 0.3) is 0 Å². The molecule has 1 aliphatic carbocycles. The summed E-state index contributed by atoms with van der Waals surface area (Å²) in [6.07, 6.45) is 7.90. The third kappa shape index (κ3) is 3.50. The maximum absolute atomic E-state index is 5.17. The number of nitrogens with one attached hydrogen (secondary N) is 1. The van der Waals surface area contributed by atoms with E-state index in [4.69, 9.17) is 4.74 Å². The van der Waals surface area contributed by atoms with Gasteiger partial charge in [-0.15, -0.1) is 0 Å². The number of anilines is 1. The summed E-state index contributed by atoms with van der Waals surface area (Å²) in [5, 5.41) is 3.45. The first-order valence-corrected chi connectivity index (χ1v) is 7.40. The molecule has 108 valence electrons. The molecule has 4 nitrogen and oxygen atoms in total. The molecule has 1 aliphatic rings. The lowest BCUT2D eigenvalue weighted by Crippen LogP contribution is -2.28. The van der Waals surface area contributed by atoms with E-state index in [-0.39, 0.29) is 6.04 Å². The van der Waals surface area contributed by atoms with E-state index in [0.29, 0.717) is 12.6 Å². The average Bonchev–Trinajstić information content (AvgIpc) is 2.77. The van der Waals surface area contributed by atoms with E-state index in [2.05, 4.69) is 41.8 Å². The monoisotopic (exact) mass is 265 g/mol. The van der Waals surface area contributed by atoms with Crippen molar-refractivity contribution in [3.63, 3.8) is 0 Å². The summed E-state index contributed by atoms with van der Waals surface area (Å²) in [5.74, 6) is 2.56. The summed E-state index contributed by atoms with van der Waals surface area (Å²) >= 11 is 0. The van der Waals surface area contributed by atoms with Crippen molar-refractivity contribution in [3.8, 4) is 0 Å². The third-order valence-corrected chi connectivity index (χ3v) is 4.20. The van der Waals surface area contributed by atoms with Crippen LogP contribution in [-0.4, -0.2) is 29.3 Å². The van der Waals surface area contributed by atoms with E-state index in [1.807, 2.05) is 6.20 Å². The third-order valence-electron chi connectivity index (χ3n) is 4.20. The molecule has 1 aromatic heterocycles. The van der Waals surface area contributed by atoms with Gasteiger partial charge in [-0.25, -0.2) is 4.98 Å². The molecule has 1 aromatic rings. The number of methoxy groups -OCH3 is 1. The Bertz CT molecular complexity index is 390. The lowest BCUT2D eigenvalue weighted by Gasteiger charge is -2.34. The van der Waals surface area contributed by atoms with Crippen LogP contribution in [0.15, 0.2) is 12.4 Å². The van der Waals surface area contributed by atoms with Crippen molar-refractivity contribution in [3.05, 3.63) is 12.4 Å². The van der Waals surface area contributed by atoms with E-state index < -0.39 is 0 Å². The molecule has 2 rings (SSSR count). The molecule has 4 unspecified atom stereocenters. The standard InChI is InChI=1S/C15H27N3O/c1-11-5-6-14(12(2)9-11)18-8-7-16-15(18)17-13(3)10-19-4/h7-8,11-14H,5-6,9-10H2,1-4H3,(H,16,17). The highest BCUT2D eigenvalue weighted by molar-refractivity contribution is 5.28. The molecule has 4 atom stereocenters. The average molecular weight is 265 g/mol. The zero-order valence-corrected chi connectivity index (χ0v) is 12.6. The van der Waals surface area contributed by atoms with E-state index >= 15 is 0 Å². The summed E-state index contributed by atoms with van der Waals surface area (Å²) < 4.78 is 7.50. The Labute approximate surface area is 116 Å². The minimum atomic E-state index is 0.281. The summed E-state index contributed by atoms with van der Waals surface area (Å²) in [4.78, 5) is 4.46. The SMILES string of the molecule is COCC(C)Nc1nccn1C1CCC(C)CC1C. The van der Waals surface area contributed by atoms with Crippen LogP contribution in [0, 0.1) is 11.8 Å². The number of rotatable bonds is 5. The number of hydrogen-bond acceptors (Lipinski definition) is 3. The van der Waals surface area contributed by atoms with Crippen molar-refractivity contribution in [2.24, 2.45) is 11.8 Å². The van der Waals surface area contributed by atoms with Crippen LogP contribution < -0.4 is 5.32 Å². The minimum Gasteiger partial charge on any atom is -0.383 e. The highest BCUT2D eigenvalue weighted by Gasteiger charge is 2.28. The second kappa shape index (κ2) is 6.42.